The van der Waals surface area contributed by atoms with Crippen molar-refractivity contribution in [2.45, 2.75) is 33.2 Å². The minimum atomic E-state index is -2.91. The number of aryl methyl sites for hydroxylation is 1. The predicted molar refractivity (Wildman–Crippen MR) is 83.1 cm³/mol. The summed E-state index contributed by atoms with van der Waals surface area (Å²) in [5, 5.41) is 3.37. The van der Waals surface area contributed by atoms with Crippen LogP contribution >= 0.6 is 0 Å². The van der Waals surface area contributed by atoms with Crippen molar-refractivity contribution in [2.24, 2.45) is 0 Å². The van der Waals surface area contributed by atoms with Crippen LogP contribution in [0.5, 0.6) is 5.75 Å². The molecule has 0 radical (unpaired) electrons. The van der Waals surface area contributed by atoms with E-state index >= 15 is 0 Å². The molecule has 0 bridgehead atoms. The lowest BCUT2D eigenvalue weighted by molar-refractivity contribution is 0.311. The molecule has 0 saturated heterocycles. The Morgan fingerprint density at radius 3 is 2.65 bits per heavy atom. The van der Waals surface area contributed by atoms with Gasteiger partial charge in [-0.2, -0.15) is 0 Å². The quantitative estimate of drug-likeness (QED) is 0.749. The van der Waals surface area contributed by atoms with Gasteiger partial charge in [0.25, 0.3) is 0 Å². The van der Waals surface area contributed by atoms with Gasteiger partial charge in [-0.05, 0) is 32.9 Å². The first-order chi connectivity index (χ1) is 9.33. The minimum Gasteiger partial charge on any atom is -0.493 e. The lowest BCUT2D eigenvalue weighted by Crippen LogP contribution is -2.19. The number of rotatable bonds is 8. The first kappa shape index (κ1) is 17.0. The van der Waals surface area contributed by atoms with Gasteiger partial charge in [0.05, 0.1) is 12.4 Å². The third-order valence-corrected chi connectivity index (χ3v) is 4.09. The molecule has 1 aromatic carbocycles. The molecule has 0 amide bonds. The highest BCUT2D eigenvalue weighted by molar-refractivity contribution is 7.90. The summed E-state index contributed by atoms with van der Waals surface area (Å²) in [7, 11) is -2.91. The summed E-state index contributed by atoms with van der Waals surface area (Å²) < 4.78 is 27.9. The van der Waals surface area contributed by atoms with Crippen LogP contribution in [0.15, 0.2) is 18.2 Å². The van der Waals surface area contributed by atoms with Crippen molar-refractivity contribution in [2.75, 3.05) is 25.2 Å². The number of benzene rings is 1. The Kier molecular flexibility index (Phi) is 6.49. The molecule has 0 heterocycles. The van der Waals surface area contributed by atoms with E-state index in [1.165, 1.54) is 11.8 Å². The summed E-state index contributed by atoms with van der Waals surface area (Å²) in [5.74, 6) is 0.995. The Balaban J connectivity index is 2.69. The van der Waals surface area contributed by atoms with Crippen LogP contribution in [0, 0.1) is 6.92 Å². The molecular weight excluding hydrogens is 274 g/mol. The van der Waals surface area contributed by atoms with Crippen LogP contribution in [0.3, 0.4) is 0 Å². The van der Waals surface area contributed by atoms with Crippen LogP contribution in [-0.2, 0) is 9.84 Å². The van der Waals surface area contributed by atoms with Crippen LogP contribution < -0.4 is 10.1 Å². The van der Waals surface area contributed by atoms with E-state index in [4.69, 9.17) is 4.74 Å². The highest BCUT2D eigenvalue weighted by Gasteiger charge is 2.11. The summed E-state index contributed by atoms with van der Waals surface area (Å²) in [6.45, 7) is 7.53. The molecule has 1 atom stereocenters. The Labute approximate surface area is 122 Å². The topological polar surface area (TPSA) is 55.4 Å². The van der Waals surface area contributed by atoms with E-state index in [1.54, 1.807) is 0 Å². The fraction of sp³-hybridized carbons (Fsp3) is 0.600. The number of nitrogens with one attached hydrogen (secondary N) is 1. The minimum absolute atomic E-state index is 0.164. The average molecular weight is 299 g/mol. The second-order valence-electron chi connectivity index (χ2n) is 5.15. The second-order valence-corrected chi connectivity index (χ2v) is 7.41. The monoisotopic (exact) mass is 299 g/mol. The van der Waals surface area contributed by atoms with Gasteiger partial charge in [0.2, 0.25) is 0 Å². The van der Waals surface area contributed by atoms with Crippen molar-refractivity contribution in [3.05, 3.63) is 29.3 Å². The third kappa shape index (κ3) is 5.92. The van der Waals surface area contributed by atoms with E-state index in [0.29, 0.717) is 13.0 Å². The van der Waals surface area contributed by atoms with E-state index in [9.17, 15) is 8.42 Å². The first-order valence-electron chi connectivity index (χ1n) is 6.98. The zero-order valence-electron chi connectivity index (χ0n) is 12.8. The number of hydrogen-bond donors (Lipinski definition) is 1. The molecule has 114 valence electrons. The van der Waals surface area contributed by atoms with Gasteiger partial charge >= 0.3 is 0 Å². The third-order valence-electron chi connectivity index (χ3n) is 3.06. The molecule has 5 heteroatoms. The molecule has 20 heavy (non-hydrogen) atoms. The Hall–Kier alpha value is -1.07. The van der Waals surface area contributed by atoms with E-state index < -0.39 is 9.84 Å². The molecule has 1 unspecified atom stereocenters. The summed E-state index contributed by atoms with van der Waals surface area (Å²) in [6.07, 6.45) is 1.76. The predicted octanol–water partition coefficient (Wildman–Crippen LogP) is 2.48. The molecule has 0 aliphatic heterocycles. The Bertz CT molecular complexity index is 526. The Morgan fingerprint density at radius 1 is 1.35 bits per heavy atom. The van der Waals surface area contributed by atoms with Gasteiger partial charge in [-0.3, -0.25) is 0 Å². The lowest BCUT2D eigenvalue weighted by atomic mass is 10.0. The summed E-state index contributed by atoms with van der Waals surface area (Å²) in [5.41, 5.74) is 2.31. The number of ether oxygens (including phenoxy) is 1. The van der Waals surface area contributed by atoms with Crippen LogP contribution in [0.1, 0.15) is 37.4 Å². The van der Waals surface area contributed by atoms with Gasteiger partial charge in [-0.15, -0.1) is 0 Å². The molecular formula is C15H25NO3S. The van der Waals surface area contributed by atoms with Gasteiger partial charge < -0.3 is 10.1 Å². The van der Waals surface area contributed by atoms with Crippen LogP contribution in [0.25, 0.3) is 0 Å². The van der Waals surface area contributed by atoms with Crippen molar-refractivity contribution in [3.63, 3.8) is 0 Å². The average Bonchev–Trinajstić information content (AvgIpc) is 2.35. The van der Waals surface area contributed by atoms with Crippen LogP contribution in [0.4, 0.5) is 0 Å². The van der Waals surface area contributed by atoms with Crippen LogP contribution in [-0.4, -0.2) is 33.6 Å². The van der Waals surface area contributed by atoms with E-state index in [2.05, 4.69) is 32.2 Å². The smallest absolute Gasteiger partial charge is 0.147 e. The molecule has 0 aliphatic rings. The lowest BCUT2D eigenvalue weighted by Gasteiger charge is -2.18. The van der Waals surface area contributed by atoms with Gasteiger partial charge in [0.15, 0.2) is 0 Å². The zero-order chi connectivity index (χ0) is 15.2. The Morgan fingerprint density at radius 2 is 2.05 bits per heavy atom. The highest BCUT2D eigenvalue weighted by Crippen LogP contribution is 2.26. The number of hydrogen-bond acceptors (Lipinski definition) is 4. The van der Waals surface area contributed by atoms with Crippen LogP contribution in [0.2, 0.25) is 0 Å². The van der Waals surface area contributed by atoms with E-state index in [0.717, 1.165) is 17.9 Å². The van der Waals surface area contributed by atoms with Gasteiger partial charge in [-0.1, -0.05) is 24.6 Å². The molecule has 0 aliphatic carbocycles. The summed E-state index contributed by atoms with van der Waals surface area (Å²) >= 11 is 0. The highest BCUT2D eigenvalue weighted by atomic mass is 32.2. The molecule has 0 saturated carbocycles. The molecule has 0 fully saturated rings. The zero-order valence-corrected chi connectivity index (χ0v) is 13.6. The van der Waals surface area contributed by atoms with E-state index in [1.807, 2.05) is 12.1 Å². The molecule has 1 rings (SSSR count). The maximum absolute atomic E-state index is 11.1. The first-order valence-corrected chi connectivity index (χ1v) is 9.04. The molecule has 1 aromatic rings. The standard InChI is InChI=1S/C15H25NO3S/c1-5-16-13(3)14-11-12(2)7-8-15(14)19-9-6-10-20(4,17)18/h7-8,11,13,16H,5-6,9-10H2,1-4H3. The summed E-state index contributed by atoms with van der Waals surface area (Å²) in [6, 6.07) is 6.29. The van der Waals surface area contributed by atoms with E-state index in [-0.39, 0.29) is 11.8 Å². The molecule has 0 aromatic heterocycles. The SMILES string of the molecule is CCNC(C)c1cc(C)ccc1OCCCS(C)(=O)=O. The second kappa shape index (κ2) is 7.64. The fourth-order valence-corrected chi connectivity index (χ4v) is 2.70. The van der Waals surface area contributed by atoms with Crippen molar-refractivity contribution in [3.8, 4) is 5.75 Å². The van der Waals surface area contributed by atoms with Crippen molar-refractivity contribution >= 4 is 9.84 Å². The van der Waals surface area contributed by atoms with Gasteiger partial charge in [-0.25, -0.2) is 8.42 Å². The molecule has 1 N–H and O–H groups in total. The van der Waals surface area contributed by atoms with Crippen molar-refractivity contribution < 1.29 is 13.2 Å². The normalized spacial score (nSPS) is 13.2. The largest absolute Gasteiger partial charge is 0.493 e. The maximum atomic E-state index is 11.1. The van der Waals surface area contributed by atoms with Gasteiger partial charge in [0.1, 0.15) is 15.6 Å². The van der Waals surface area contributed by atoms with Crippen molar-refractivity contribution in [1.82, 2.24) is 5.32 Å². The fourth-order valence-electron chi connectivity index (χ4n) is 2.06. The number of sulfone groups is 1. The maximum Gasteiger partial charge on any atom is 0.147 e. The van der Waals surface area contributed by atoms with Crippen molar-refractivity contribution in [1.29, 1.82) is 0 Å². The molecule has 4 nitrogen and oxygen atoms in total. The van der Waals surface area contributed by atoms with Gasteiger partial charge in [0, 0.05) is 17.9 Å². The molecule has 0 spiro atoms. The summed E-state index contributed by atoms with van der Waals surface area (Å²) in [4.78, 5) is 0.